The summed E-state index contributed by atoms with van der Waals surface area (Å²) in [5.74, 6) is 0. The number of hydrogen-bond acceptors (Lipinski definition) is 5. The fraction of sp³-hybridized carbons (Fsp3) is 0.636. The molecule has 1 aromatic rings. The highest BCUT2D eigenvalue weighted by Gasteiger charge is 2.16. The van der Waals surface area contributed by atoms with Crippen LogP contribution in [0.3, 0.4) is 0 Å². The van der Waals surface area contributed by atoms with Gasteiger partial charge < -0.3 is 15.8 Å². The summed E-state index contributed by atoms with van der Waals surface area (Å²) in [5, 5.41) is 3.51. The first-order valence-electron chi connectivity index (χ1n) is 5.44. The molecule has 0 aromatic carbocycles. The molecule has 96 valence electrons. The van der Waals surface area contributed by atoms with E-state index >= 15 is 0 Å². The summed E-state index contributed by atoms with van der Waals surface area (Å²) < 4.78 is 5.12. The lowest BCUT2D eigenvalue weighted by Crippen LogP contribution is -2.32. The van der Waals surface area contributed by atoms with Crippen LogP contribution < -0.4 is 11.1 Å². The number of nitrogens with one attached hydrogen (secondary N) is 1. The van der Waals surface area contributed by atoms with Crippen molar-refractivity contribution in [3.05, 3.63) is 15.6 Å². The molecule has 17 heavy (non-hydrogen) atoms. The molecule has 0 saturated heterocycles. The van der Waals surface area contributed by atoms with E-state index < -0.39 is 11.7 Å². The van der Waals surface area contributed by atoms with Crippen molar-refractivity contribution in [3.8, 4) is 0 Å². The van der Waals surface area contributed by atoms with E-state index in [4.69, 9.17) is 10.5 Å². The summed E-state index contributed by atoms with van der Waals surface area (Å²) in [6.45, 7) is 8.25. The van der Waals surface area contributed by atoms with Crippen molar-refractivity contribution in [2.45, 2.75) is 46.4 Å². The van der Waals surface area contributed by atoms with E-state index in [0.717, 1.165) is 15.6 Å². The number of aromatic nitrogens is 1. The van der Waals surface area contributed by atoms with Crippen molar-refractivity contribution in [2.24, 2.45) is 5.73 Å². The molecule has 0 aliphatic rings. The van der Waals surface area contributed by atoms with E-state index in [1.807, 2.05) is 27.7 Å². The van der Waals surface area contributed by atoms with Gasteiger partial charge in [0.25, 0.3) is 0 Å². The minimum atomic E-state index is -0.481. The van der Waals surface area contributed by atoms with Crippen LogP contribution in [0.15, 0.2) is 0 Å². The van der Waals surface area contributed by atoms with Crippen LogP contribution in [0.1, 0.15) is 36.3 Å². The molecule has 0 fully saturated rings. The number of rotatable bonds is 3. The first kappa shape index (κ1) is 13.9. The molecule has 0 spiro atoms. The number of nitrogens with two attached hydrogens (primary N) is 1. The maximum absolute atomic E-state index is 11.4. The fourth-order valence-corrected chi connectivity index (χ4v) is 2.12. The Bertz CT molecular complexity index is 396. The van der Waals surface area contributed by atoms with Crippen LogP contribution in [0.2, 0.25) is 0 Å². The number of aryl methyl sites for hydroxylation is 1. The van der Waals surface area contributed by atoms with E-state index in [1.165, 1.54) is 11.3 Å². The lowest BCUT2D eigenvalue weighted by molar-refractivity contribution is 0.0523. The topological polar surface area (TPSA) is 77.2 Å². The zero-order valence-electron chi connectivity index (χ0n) is 10.7. The lowest BCUT2D eigenvalue weighted by atomic mass is 10.2. The van der Waals surface area contributed by atoms with Crippen molar-refractivity contribution >= 4 is 17.4 Å². The van der Waals surface area contributed by atoms with E-state index in [1.54, 1.807) is 0 Å². The van der Waals surface area contributed by atoms with Crippen LogP contribution >= 0.6 is 11.3 Å². The smallest absolute Gasteiger partial charge is 0.408 e. The van der Waals surface area contributed by atoms with E-state index in [0.29, 0.717) is 13.1 Å². The molecule has 5 nitrogen and oxygen atoms in total. The second-order valence-corrected chi connectivity index (χ2v) is 5.96. The molecular weight excluding hydrogens is 238 g/mol. The quantitative estimate of drug-likeness (QED) is 0.867. The number of amides is 1. The van der Waals surface area contributed by atoms with Crippen LogP contribution in [-0.4, -0.2) is 16.7 Å². The third-order valence-electron chi connectivity index (χ3n) is 1.91. The van der Waals surface area contributed by atoms with E-state index in [9.17, 15) is 4.79 Å². The summed E-state index contributed by atoms with van der Waals surface area (Å²) in [4.78, 5) is 16.8. The summed E-state index contributed by atoms with van der Waals surface area (Å²) in [5.41, 5.74) is 5.94. The van der Waals surface area contributed by atoms with Crippen molar-refractivity contribution in [1.82, 2.24) is 10.3 Å². The Hall–Kier alpha value is -1.14. The Morgan fingerprint density at radius 2 is 2.18 bits per heavy atom. The van der Waals surface area contributed by atoms with Crippen molar-refractivity contribution < 1.29 is 9.53 Å². The maximum atomic E-state index is 11.4. The summed E-state index contributed by atoms with van der Waals surface area (Å²) in [7, 11) is 0. The van der Waals surface area contributed by atoms with Crippen LogP contribution in [0.5, 0.6) is 0 Å². The Labute approximate surface area is 105 Å². The predicted octanol–water partition coefficient (Wildman–Crippen LogP) is 1.93. The van der Waals surface area contributed by atoms with E-state index in [2.05, 4.69) is 10.3 Å². The largest absolute Gasteiger partial charge is 0.444 e. The third-order valence-corrected chi connectivity index (χ3v) is 2.93. The molecular formula is C11H19N3O2S. The second-order valence-electron chi connectivity index (χ2n) is 4.67. The average Bonchev–Trinajstić information content (AvgIpc) is 2.53. The molecule has 6 heteroatoms. The van der Waals surface area contributed by atoms with Gasteiger partial charge in [0.05, 0.1) is 12.2 Å². The highest BCUT2D eigenvalue weighted by atomic mass is 32.1. The summed E-state index contributed by atoms with van der Waals surface area (Å²) in [6, 6.07) is 0. The van der Waals surface area contributed by atoms with Crippen LogP contribution in [0.25, 0.3) is 0 Å². The predicted molar refractivity (Wildman–Crippen MR) is 67.8 cm³/mol. The molecule has 1 rings (SSSR count). The highest BCUT2D eigenvalue weighted by molar-refractivity contribution is 7.11. The molecule has 1 amide bonds. The van der Waals surface area contributed by atoms with Gasteiger partial charge in [-0.25, -0.2) is 9.78 Å². The number of ether oxygens (including phenoxy) is 1. The van der Waals surface area contributed by atoms with Gasteiger partial charge >= 0.3 is 6.09 Å². The van der Waals surface area contributed by atoms with Crippen LogP contribution in [-0.2, 0) is 17.8 Å². The first-order valence-corrected chi connectivity index (χ1v) is 6.25. The standard InChI is InChI=1S/C11H19N3O2S/c1-7-8(5-12)14-9(17-7)6-13-10(15)16-11(2,3)4/h5-6,12H2,1-4H3,(H,13,15). The molecule has 0 unspecified atom stereocenters. The molecule has 3 N–H and O–H groups in total. The summed E-state index contributed by atoms with van der Waals surface area (Å²) in [6.07, 6.45) is -0.431. The zero-order valence-corrected chi connectivity index (χ0v) is 11.5. The van der Waals surface area contributed by atoms with Crippen LogP contribution in [0.4, 0.5) is 4.79 Å². The maximum Gasteiger partial charge on any atom is 0.408 e. The first-order chi connectivity index (χ1) is 7.81. The van der Waals surface area contributed by atoms with Gasteiger partial charge in [0, 0.05) is 11.4 Å². The molecule has 1 heterocycles. The van der Waals surface area contributed by atoms with Crippen LogP contribution in [0, 0.1) is 6.92 Å². The molecule has 0 aliphatic heterocycles. The normalized spacial score (nSPS) is 11.4. The molecule has 0 bridgehead atoms. The Morgan fingerprint density at radius 1 is 1.53 bits per heavy atom. The number of nitrogens with zero attached hydrogens (tertiary/aromatic N) is 1. The van der Waals surface area contributed by atoms with Gasteiger partial charge in [-0.2, -0.15) is 0 Å². The number of hydrogen-bond donors (Lipinski definition) is 2. The minimum absolute atomic E-state index is 0.375. The fourth-order valence-electron chi connectivity index (χ4n) is 1.21. The van der Waals surface area contributed by atoms with Gasteiger partial charge in [-0.15, -0.1) is 11.3 Å². The minimum Gasteiger partial charge on any atom is -0.444 e. The Balaban J connectivity index is 2.47. The third kappa shape index (κ3) is 4.70. The second kappa shape index (κ2) is 5.46. The number of carbonyl (C=O) groups excluding carboxylic acids is 1. The van der Waals surface area contributed by atoms with Crippen molar-refractivity contribution in [3.63, 3.8) is 0 Å². The Morgan fingerprint density at radius 3 is 2.65 bits per heavy atom. The molecule has 1 aromatic heterocycles. The number of alkyl carbamates (subject to hydrolysis) is 1. The van der Waals surface area contributed by atoms with Gasteiger partial charge in [-0.05, 0) is 27.7 Å². The number of thiazole rings is 1. The highest BCUT2D eigenvalue weighted by Crippen LogP contribution is 2.16. The van der Waals surface area contributed by atoms with Gasteiger partial charge in [0.2, 0.25) is 0 Å². The van der Waals surface area contributed by atoms with Gasteiger partial charge in [-0.1, -0.05) is 0 Å². The lowest BCUT2D eigenvalue weighted by Gasteiger charge is -2.19. The zero-order chi connectivity index (χ0) is 13.1. The average molecular weight is 257 g/mol. The van der Waals surface area contributed by atoms with Gasteiger partial charge in [0.15, 0.2) is 0 Å². The molecule has 0 aliphatic carbocycles. The Kier molecular flexibility index (Phi) is 4.47. The molecule has 0 radical (unpaired) electrons. The summed E-state index contributed by atoms with van der Waals surface area (Å²) >= 11 is 1.54. The van der Waals surface area contributed by atoms with Gasteiger partial charge in [0.1, 0.15) is 10.6 Å². The van der Waals surface area contributed by atoms with E-state index in [-0.39, 0.29) is 0 Å². The van der Waals surface area contributed by atoms with Gasteiger partial charge in [-0.3, -0.25) is 0 Å². The SMILES string of the molecule is Cc1sc(CNC(=O)OC(C)(C)C)nc1CN. The number of carbonyl (C=O) groups is 1. The molecule has 0 saturated carbocycles. The van der Waals surface area contributed by atoms with Crippen molar-refractivity contribution in [2.75, 3.05) is 0 Å². The molecule has 0 atom stereocenters. The van der Waals surface area contributed by atoms with Crippen molar-refractivity contribution in [1.29, 1.82) is 0 Å². The monoisotopic (exact) mass is 257 g/mol.